The molecule has 2 saturated heterocycles. The summed E-state index contributed by atoms with van der Waals surface area (Å²) in [7, 11) is 1.71. The molecule has 2 fully saturated rings. The van der Waals surface area contributed by atoms with E-state index in [1.54, 1.807) is 7.11 Å². The van der Waals surface area contributed by atoms with E-state index < -0.39 is 0 Å². The number of ether oxygens (including phenoxy) is 1. The normalized spacial score (nSPS) is 16.5. The summed E-state index contributed by atoms with van der Waals surface area (Å²) in [6.45, 7) is 8.92. The van der Waals surface area contributed by atoms with Crippen LogP contribution in [0.1, 0.15) is 30.9 Å². The van der Waals surface area contributed by atoms with Crippen molar-refractivity contribution in [3.8, 4) is 5.75 Å². The third-order valence-electron chi connectivity index (χ3n) is 6.31. The molecule has 184 valence electrons. The molecule has 34 heavy (non-hydrogen) atoms. The van der Waals surface area contributed by atoms with E-state index in [2.05, 4.69) is 58.4 Å². The van der Waals surface area contributed by atoms with Gasteiger partial charge in [-0.05, 0) is 36.6 Å². The predicted molar refractivity (Wildman–Crippen MR) is 148 cm³/mol. The number of likely N-dealkylation sites (tertiary alicyclic amines) is 1. The zero-order valence-corrected chi connectivity index (χ0v) is 22.5. The van der Waals surface area contributed by atoms with Crippen molar-refractivity contribution in [1.29, 1.82) is 0 Å². The highest BCUT2D eigenvalue weighted by atomic mass is 127. The summed E-state index contributed by atoms with van der Waals surface area (Å²) >= 11 is 0. The van der Waals surface area contributed by atoms with Gasteiger partial charge in [0.05, 0.1) is 13.7 Å². The van der Waals surface area contributed by atoms with Gasteiger partial charge in [0, 0.05) is 64.0 Å². The first-order chi connectivity index (χ1) is 16.2. The number of benzene rings is 2. The Morgan fingerprint density at radius 1 is 1.03 bits per heavy atom. The molecule has 0 aromatic heterocycles. The molecular formula is C26H36IN5O2. The van der Waals surface area contributed by atoms with Gasteiger partial charge in [-0.15, -0.1) is 24.0 Å². The van der Waals surface area contributed by atoms with Gasteiger partial charge in [0.1, 0.15) is 5.75 Å². The van der Waals surface area contributed by atoms with Gasteiger partial charge < -0.3 is 24.8 Å². The molecule has 0 spiro atoms. The van der Waals surface area contributed by atoms with Crippen molar-refractivity contribution in [3.63, 3.8) is 0 Å². The summed E-state index contributed by atoms with van der Waals surface area (Å²) in [5, 5.41) is 3.45. The van der Waals surface area contributed by atoms with Gasteiger partial charge >= 0.3 is 0 Å². The fraction of sp³-hybridized carbons (Fsp3) is 0.462. The second-order valence-corrected chi connectivity index (χ2v) is 8.58. The van der Waals surface area contributed by atoms with Crippen LogP contribution in [0, 0.1) is 0 Å². The Morgan fingerprint density at radius 3 is 2.41 bits per heavy atom. The van der Waals surface area contributed by atoms with Crippen LogP contribution in [0.25, 0.3) is 0 Å². The van der Waals surface area contributed by atoms with Crippen LogP contribution in [-0.2, 0) is 17.9 Å². The van der Waals surface area contributed by atoms with Gasteiger partial charge in [0.2, 0.25) is 5.91 Å². The second-order valence-electron chi connectivity index (χ2n) is 8.58. The molecule has 0 bridgehead atoms. The van der Waals surface area contributed by atoms with Crippen LogP contribution < -0.4 is 15.0 Å². The van der Waals surface area contributed by atoms with Crippen molar-refractivity contribution in [2.24, 2.45) is 4.99 Å². The number of piperazine rings is 1. The number of hydrogen-bond acceptors (Lipinski definition) is 4. The first kappa shape index (κ1) is 26.1. The van der Waals surface area contributed by atoms with Crippen LogP contribution in [0.2, 0.25) is 0 Å². The molecule has 2 heterocycles. The summed E-state index contributed by atoms with van der Waals surface area (Å²) in [6.07, 6.45) is 1.67. The zero-order chi connectivity index (χ0) is 23.0. The van der Waals surface area contributed by atoms with Gasteiger partial charge in [-0.1, -0.05) is 30.3 Å². The molecule has 2 aliphatic rings. The third-order valence-corrected chi connectivity index (χ3v) is 6.31. The third kappa shape index (κ3) is 6.77. The molecule has 0 atom stereocenters. The maximum atomic E-state index is 11.9. The highest BCUT2D eigenvalue weighted by Crippen LogP contribution is 2.22. The number of rotatable bonds is 7. The average molecular weight is 578 g/mol. The summed E-state index contributed by atoms with van der Waals surface area (Å²) < 4.78 is 5.37. The minimum Gasteiger partial charge on any atom is -0.497 e. The fourth-order valence-electron chi connectivity index (χ4n) is 4.42. The smallest absolute Gasteiger partial charge is 0.222 e. The molecule has 0 aliphatic carbocycles. The largest absolute Gasteiger partial charge is 0.497 e. The number of hydrogen-bond donors (Lipinski definition) is 1. The van der Waals surface area contributed by atoms with Crippen LogP contribution in [0.4, 0.5) is 5.69 Å². The van der Waals surface area contributed by atoms with E-state index in [1.807, 2.05) is 17.0 Å². The highest BCUT2D eigenvalue weighted by Gasteiger charge is 2.21. The second kappa shape index (κ2) is 12.8. The highest BCUT2D eigenvalue weighted by molar-refractivity contribution is 14.0. The molecule has 2 aromatic carbocycles. The van der Waals surface area contributed by atoms with Crippen molar-refractivity contribution in [3.05, 3.63) is 59.7 Å². The fourth-order valence-corrected chi connectivity index (χ4v) is 4.42. The van der Waals surface area contributed by atoms with Crippen LogP contribution in [0.3, 0.4) is 0 Å². The Kier molecular flexibility index (Phi) is 9.86. The number of methoxy groups -OCH3 is 1. The number of anilines is 1. The van der Waals surface area contributed by atoms with E-state index in [4.69, 9.17) is 9.73 Å². The lowest BCUT2D eigenvalue weighted by Gasteiger charge is -2.37. The quantitative estimate of drug-likeness (QED) is 0.309. The number of halogens is 1. The monoisotopic (exact) mass is 577 g/mol. The SMILES string of the molecule is CCNC(=NCc1ccc(CN2CCCC2=O)cc1)N1CCN(c2cccc(OC)c2)CC1.I. The molecule has 0 saturated carbocycles. The summed E-state index contributed by atoms with van der Waals surface area (Å²) in [5.74, 6) is 2.13. The van der Waals surface area contributed by atoms with Crippen LogP contribution in [-0.4, -0.2) is 68.0 Å². The number of carbonyl (C=O) groups excluding carboxylic acids is 1. The van der Waals surface area contributed by atoms with Crippen LogP contribution in [0.5, 0.6) is 5.75 Å². The van der Waals surface area contributed by atoms with Crippen molar-refractivity contribution in [2.75, 3.05) is 51.3 Å². The molecule has 0 radical (unpaired) electrons. The zero-order valence-electron chi connectivity index (χ0n) is 20.2. The standard InChI is InChI=1S/C26H35N5O2.HI/c1-3-27-26(30-16-14-29(15-17-30)23-6-4-7-24(18-23)33-2)28-19-21-9-11-22(12-10-21)20-31-13-5-8-25(31)32;/h4,6-7,9-12,18H,3,5,8,13-17,19-20H2,1-2H3,(H,27,28);1H. The van der Waals surface area contributed by atoms with E-state index in [9.17, 15) is 4.79 Å². The van der Waals surface area contributed by atoms with Crippen molar-refractivity contribution in [2.45, 2.75) is 32.9 Å². The lowest BCUT2D eigenvalue weighted by molar-refractivity contribution is -0.128. The van der Waals surface area contributed by atoms with Crippen LogP contribution >= 0.6 is 24.0 Å². The molecule has 8 heteroatoms. The Bertz CT molecular complexity index is 958. The molecule has 1 amide bonds. The molecule has 2 aliphatic heterocycles. The Morgan fingerprint density at radius 2 is 1.76 bits per heavy atom. The number of amides is 1. The Labute approximate surface area is 220 Å². The van der Waals surface area contributed by atoms with E-state index in [-0.39, 0.29) is 29.9 Å². The maximum absolute atomic E-state index is 11.9. The lowest BCUT2D eigenvalue weighted by Crippen LogP contribution is -2.52. The Hall–Kier alpha value is -2.49. The van der Waals surface area contributed by atoms with E-state index in [0.717, 1.165) is 57.4 Å². The average Bonchev–Trinajstić information content (AvgIpc) is 3.27. The van der Waals surface area contributed by atoms with Crippen molar-refractivity contribution in [1.82, 2.24) is 15.1 Å². The minimum absolute atomic E-state index is 0. The van der Waals surface area contributed by atoms with Crippen molar-refractivity contribution >= 4 is 41.5 Å². The predicted octanol–water partition coefficient (Wildman–Crippen LogP) is 3.72. The first-order valence-electron chi connectivity index (χ1n) is 11.9. The van der Waals surface area contributed by atoms with Gasteiger partial charge in [-0.2, -0.15) is 0 Å². The van der Waals surface area contributed by atoms with Crippen molar-refractivity contribution < 1.29 is 9.53 Å². The number of guanidine groups is 1. The van der Waals surface area contributed by atoms with Gasteiger partial charge in [-0.25, -0.2) is 4.99 Å². The van der Waals surface area contributed by atoms with E-state index in [1.165, 1.54) is 16.8 Å². The van der Waals surface area contributed by atoms with Gasteiger partial charge in [0.25, 0.3) is 0 Å². The number of nitrogens with zero attached hydrogens (tertiary/aromatic N) is 4. The topological polar surface area (TPSA) is 60.4 Å². The number of carbonyl (C=O) groups is 1. The molecule has 4 rings (SSSR count). The van der Waals surface area contributed by atoms with Gasteiger partial charge in [-0.3, -0.25) is 4.79 Å². The molecular weight excluding hydrogens is 541 g/mol. The first-order valence-corrected chi connectivity index (χ1v) is 11.9. The van der Waals surface area contributed by atoms with Gasteiger partial charge in [0.15, 0.2) is 5.96 Å². The summed E-state index contributed by atoms with van der Waals surface area (Å²) in [6, 6.07) is 16.8. The van der Waals surface area contributed by atoms with E-state index >= 15 is 0 Å². The Balaban J connectivity index is 0.00000324. The molecule has 0 unspecified atom stereocenters. The molecule has 7 nitrogen and oxygen atoms in total. The summed E-state index contributed by atoms with van der Waals surface area (Å²) in [4.78, 5) is 23.4. The maximum Gasteiger partial charge on any atom is 0.222 e. The molecule has 2 aromatic rings. The van der Waals surface area contributed by atoms with Crippen LogP contribution in [0.15, 0.2) is 53.5 Å². The minimum atomic E-state index is 0. The number of nitrogens with one attached hydrogen (secondary N) is 1. The summed E-state index contributed by atoms with van der Waals surface area (Å²) in [5.41, 5.74) is 3.56. The lowest BCUT2D eigenvalue weighted by atomic mass is 10.1. The molecule has 1 N–H and O–H groups in total. The number of aliphatic imine (C=N–C) groups is 1. The van der Waals surface area contributed by atoms with E-state index in [0.29, 0.717) is 19.5 Å².